The standard InChI is InChI=1S/C31H46O5/c1-17(2)22-23-18-9-10-20-28(5)13-12-21(32)27(3,4)19(28)11-14-30(20,7)29(18,6)15-16-31(23,26(35)36-8)25(34)24(22)33/h17-21,32H,9-16H2,1-8H3/t18?,19?,20?,21-,28-,29+,30+,31-/m0/s1. The fourth-order valence-electron chi connectivity index (χ4n) is 10.9. The van der Waals surface area contributed by atoms with Crippen molar-refractivity contribution in [2.75, 3.05) is 7.11 Å². The van der Waals surface area contributed by atoms with E-state index in [1.54, 1.807) is 0 Å². The lowest BCUT2D eigenvalue weighted by Gasteiger charge is -2.71. The van der Waals surface area contributed by atoms with Gasteiger partial charge >= 0.3 is 5.97 Å². The van der Waals surface area contributed by atoms with Crippen molar-refractivity contribution < 1.29 is 24.2 Å². The predicted molar refractivity (Wildman–Crippen MR) is 138 cm³/mol. The van der Waals surface area contributed by atoms with Crippen LogP contribution >= 0.6 is 0 Å². The highest BCUT2D eigenvalue weighted by atomic mass is 16.5. The van der Waals surface area contributed by atoms with E-state index in [0.717, 1.165) is 50.5 Å². The molecule has 36 heavy (non-hydrogen) atoms. The fourth-order valence-corrected chi connectivity index (χ4v) is 10.9. The summed E-state index contributed by atoms with van der Waals surface area (Å²) in [5.41, 5.74) is -0.0394. The van der Waals surface area contributed by atoms with Gasteiger partial charge in [-0.25, -0.2) is 0 Å². The Hall–Kier alpha value is -1.49. The summed E-state index contributed by atoms with van der Waals surface area (Å²) in [4.78, 5) is 40.2. The van der Waals surface area contributed by atoms with Crippen molar-refractivity contribution in [1.82, 2.24) is 0 Å². The Morgan fingerprint density at radius 1 is 0.889 bits per heavy atom. The van der Waals surface area contributed by atoms with Crippen molar-refractivity contribution >= 4 is 17.5 Å². The summed E-state index contributed by atoms with van der Waals surface area (Å²) in [6.07, 6.45) is 6.87. The topological polar surface area (TPSA) is 80.7 Å². The lowest BCUT2D eigenvalue weighted by molar-refractivity contribution is -0.228. The minimum absolute atomic E-state index is 0.0294. The molecule has 0 bridgehead atoms. The number of rotatable bonds is 2. The number of carbonyl (C=O) groups is 3. The Balaban J connectivity index is 1.65. The minimum atomic E-state index is -1.42. The molecule has 3 unspecified atom stereocenters. The van der Waals surface area contributed by atoms with E-state index >= 15 is 0 Å². The quantitative estimate of drug-likeness (QED) is 0.301. The van der Waals surface area contributed by atoms with E-state index in [9.17, 15) is 19.5 Å². The number of aliphatic hydroxyl groups excluding tert-OH is 1. The van der Waals surface area contributed by atoms with Crippen molar-refractivity contribution in [1.29, 1.82) is 0 Å². The molecule has 5 aliphatic rings. The summed E-state index contributed by atoms with van der Waals surface area (Å²) in [6, 6.07) is 0. The summed E-state index contributed by atoms with van der Waals surface area (Å²) >= 11 is 0. The molecule has 0 spiro atoms. The summed E-state index contributed by atoms with van der Waals surface area (Å²) in [5, 5.41) is 10.9. The molecule has 5 nitrogen and oxygen atoms in total. The lowest BCUT2D eigenvalue weighted by atomic mass is 9.33. The molecule has 0 aliphatic heterocycles. The molecule has 5 rings (SSSR count). The monoisotopic (exact) mass is 498 g/mol. The molecule has 4 saturated carbocycles. The largest absolute Gasteiger partial charge is 0.468 e. The van der Waals surface area contributed by atoms with Gasteiger partial charge in [0.1, 0.15) is 0 Å². The average Bonchev–Trinajstić information content (AvgIpc) is 3.04. The van der Waals surface area contributed by atoms with Gasteiger partial charge in [0.25, 0.3) is 0 Å². The Morgan fingerprint density at radius 3 is 2.17 bits per heavy atom. The second-order valence-corrected chi connectivity index (χ2v) is 14.5. The summed E-state index contributed by atoms with van der Waals surface area (Å²) < 4.78 is 5.24. The van der Waals surface area contributed by atoms with Crippen LogP contribution in [-0.4, -0.2) is 35.9 Å². The van der Waals surface area contributed by atoms with Crippen molar-refractivity contribution in [3.8, 4) is 0 Å². The number of esters is 1. The minimum Gasteiger partial charge on any atom is -0.468 e. The zero-order chi connectivity index (χ0) is 26.6. The third kappa shape index (κ3) is 2.79. The molecule has 0 amide bonds. The number of Topliss-reactive ketones (excluding diaryl/α,β-unsaturated/α-hetero) is 2. The molecule has 0 heterocycles. The van der Waals surface area contributed by atoms with Gasteiger partial charge in [0.2, 0.25) is 11.6 Å². The molecule has 0 aromatic rings. The molecular formula is C31H46O5. The van der Waals surface area contributed by atoms with E-state index in [1.165, 1.54) is 7.11 Å². The van der Waals surface area contributed by atoms with Crippen molar-refractivity contribution in [2.45, 2.75) is 106 Å². The van der Waals surface area contributed by atoms with E-state index in [4.69, 9.17) is 4.74 Å². The number of fused-ring (bicyclic) bond motifs is 7. The van der Waals surface area contributed by atoms with Gasteiger partial charge in [-0.1, -0.05) is 48.5 Å². The first-order valence-corrected chi connectivity index (χ1v) is 14.2. The van der Waals surface area contributed by atoms with Crippen LogP contribution in [0.3, 0.4) is 0 Å². The molecule has 0 aromatic carbocycles. The van der Waals surface area contributed by atoms with Crippen molar-refractivity contribution in [3.05, 3.63) is 11.1 Å². The summed E-state index contributed by atoms with van der Waals surface area (Å²) in [5.74, 6) is -0.643. The Bertz CT molecular complexity index is 1050. The van der Waals surface area contributed by atoms with E-state index in [2.05, 4.69) is 34.6 Å². The van der Waals surface area contributed by atoms with Gasteiger partial charge in [0, 0.05) is 5.57 Å². The first kappa shape index (κ1) is 26.1. The predicted octanol–water partition coefficient (Wildman–Crippen LogP) is 5.68. The van der Waals surface area contributed by atoms with E-state index in [1.807, 2.05) is 13.8 Å². The van der Waals surface area contributed by atoms with Crippen LogP contribution in [0.4, 0.5) is 0 Å². The maximum absolute atomic E-state index is 13.5. The number of hydrogen-bond donors (Lipinski definition) is 1. The van der Waals surface area contributed by atoms with Crippen LogP contribution in [-0.2, 0) is 19.1 Å². The smallest absolute Gasteiger partial charge is 0.324 e. The number of hydrogen-bond acceptors (Lipinski definition) is 5. The van der Waals surface area contributed by atoms with Crippen LogP contribution in [0.25, 0.3) is 0 Å². The Morgan fingerprint density at radius 2 is 1.56 bits per heavy atom. The molecule has 4 fully saturated rings. The van der Waals surface area contributed by atoms with E-state index in [0.29, 0.717) is 23.8 Å². The second-order valence-electron chi connectivity index (χ2n) is 14.5. The highest BCUT2D eigenvalue weighted by Gasteiger charge is 2.72. The van der Waals surface area contributed by atoms with E-state index < -0.39 is 23.0 Å². The van der Waals surface area contributed by atoms with Crippen LogP contribution < -0.4 is 0 Å². The third-order valence-corrected chi connectivity index (χ3v) is 12.9. The van der Waals surface area contributed by atoms with Crippen molar-refractivity contribution in [3.63, 3.8) is 0 Å². The van der Waals surface area contributed by atoms with Crippen LogP contribution in [0.15, 0.2) is 11.1 Å². The van der Waals surface area contributed by atoms with Gasteiger partial charge in [-0.3, -0.25) is 14.4 Å². The number of aliphatic hydroxyl groups is 1. The normalized spacial score (nSPS) is 47.7. The van der Waals surface area contributed by atoms with Crippen LogP contribution in [0.2, 0.25) is 0 Å². The molecule has 0 radical (unpaired) electrons. The highest BCUT2D eigenvalue weighted by Crippen LogP contribution is 2.76. The number of ether oxygens (including phenoxy) is 1. The number of carbonyl (C=O) groups excluding carboxylic acids is 3. The SMILES string of the molecule is COC(=O)[C@@]12CC[C@]3(C)C(CCC4[C@@]5(C)CC[C@H](O)C(C)(C)C5CC[C@]43C)C1=C(C(C)C)C(=O)C2=O. The molecule has 0 saturated heterocycles. The van der Waals surface area contributed by atoms with E-state index in [-0.39, 0.29) is 39.6 Å². The van der Waals surface area contributed by atoms with Gasteiger partial charge in [-0.15, -0.1) is 0 Å². The Labute approximate surface area is 216 Å². The van der Waals surface area contributed by atoms with Gasteiger partial charge in [0.15, 0.2) is 5.41 Å². The van der Waals surface area contributed by atoms with Crippen LogP contribution in [0, 0.1) is 50.7 Å². The first-order valence-electron chi connectivity index (χ1n) is 14.2. The maximum atomic E-state index is 13.5. The fraction of sp³-hybridized carbons (Fsp3) is 0.839. The number of ketones is 2. The number of methoxy groups -OCH3 is 1. The maximum Gasteiger partial charge on any atom is 0.324 e. The lowest BCUT2D eigenvalue weighted by Crippen LogP contribution is -2.66. The molecule has 5 heteroatoms. The molecule has 8 atom stereocenters. The number of allylic oxidation sites excluding steroid dienone is 1. The van der Waals surface area contributed by atoms with Gasteiger partial charge in [0.05, 0.1) is 13.2 Å². The van der Waals surface area contributed by atoms with Crippen LogP contribution in [0.1, 0.15) is 99.8 Å². The highest BCUT2D eigenvalue weighted by molar-refractivity contribution is 6.52. The zero-order valence-corrected chi connectivity index (χ0v) is 23.6. The third-order valence-electron chi connectivity index (χ3n) is 12.9. The first-order chi connectivity index (χ1) is 16.6. The van der Waals surface area contributed by atoms with Gasteiger partial charge < -0.3 is 9.84 Å². The van der Waals surface area contributed by atoms with Crippen molar-refractivity contribution in [2.24, 2.45) is 50.7 Å². The summed E-state index contributed by atoms with van der Waals surface area (Å²) in [6.45, 7) is 15.8. The molecule has 0 aromatic heterocycles. The second kappa shape index (κ2) is 7.77. The molecule has 200 valence electrons. The van der Waals surface area contributed by atoms with Crippen LogP contribution in [0.5, 0.6) is 0 Å². The zero-order valence-electron chi connectivity index (χ0n) is 23.6. The summed E-state index contributed by atoms with van der Waals surface area (Å²) in [7, 11) is 1.34. The molecular weight excluding hydrogens is 452 g/mol. The molecule has 5 aliphatic carbocycles. The average molecular weight is 499 g/mol. The molecule has 1 N–H and O–H groups in total. The van der Waals surface area contributed by atoms with Gasteiger partial charge in [-0.2, -0.15) is 0 Å². The van der Waals surface area contributed by atoms with Gasteiger partial charge in [-0.05, 0) is 102 Å². The Kier molecular flexibility index (Phi) is 5.64.